The van der Waals surface area contributed by atoms with Gasteiger partial charge in [0.25, 0.3) is 0 Å². The summed E-state index contributed by atoms with van der Waals surface area (Å²) in [5.41, 5.74) is 1.80. The van der Waals surface area contributed by atoms with Gasteiger partial charge in [-0.3, -0.25) is 19.3 Å². The van der Waals surface area contributed by atoms with E-state index in [0.29, 0.717) is 17.9 Å². The number of carbonyl (C=O) groups is 4. The third kappa shape index (κ3) is 5.02. The van der Waals surface area contributed by atoms with Gasteiger partial charge >= 0.3 is 17.8 Å². The van der Waals surface area contributed by atoms with Crippen LogP contribution in [-0.2, 0) is 20.9 Å². The fraction of sp³-hybridized carbons (Fsp3) is 0.273. The first-order valence-electron chi connectivity index (χ1n) is 9.71. The molecule has 0 saturated carbocycles. The molecule has 8 heteroatoms. The molecule has 1 N–H and O–H groups in total. The summed E-state index contributed by atoms with van der Waals surface area (Å²) >= 11 is 0. The predicted molar refractivity (Wildman–Crippen MR) is 111 cm³/mol. The fourth-order valence-electron chi connectivity index (χ4n) is 3.15. The van der Waals surface area contributed by atoms with Crippen LogP contribution in [-0.4, -0.2) is 60.2 Å². The molecule has 2 aromatic carbocycles. The number of benzene rings is 2. The zero-order valence-electron chi connectivity index (χ0n) is 16.8. The molecule has 0 bridgehead atoms. The first-order chi connectivity index (χ1) is 14.5. The Balaban J connectivity index is 1.46. The van der Waals surface area contributed by atoms with Gasteiger partial charge in [0.05, 0.1) is 6.54 Å². The zero-order chi connectivity index (χ0) is 21.5. The summed E-state index contributed by atoms with van der Waals surface area (Å²) in [4.78, 5) is 52.6. The predicted octanol–water partition coefficient (Wildman–Crippen LogP) is 1.62. The topological polar surface area (TPSA) is 90.0 Å². The lowest BCUT2D eigenvalue weighted by Gasteiger charge is -2.19. The number of carbonyl (C=O) groups excluding carboxylic acids is 4. The third-order valence-electron chi connectivity index (χ3n) is 4.81. The Kier molecular flexibility index (Phi) is 6.79. The lowest BCUT2D eigenvalue weighted by molar-refractivity contribution is -0.144. The Morgan fingerprint density at radius 1 is 0.900 bits per heavy atom. The van der Waals surface area contributed by atoms with Crippen LogP contribution in [0.2, 0.25) is 0 Å². The van der Waals surface area contributed by atoms with Crippen molar-refractivity contribution in [2.45, 2.75) is 13.0 Å². The van der Waals surface area contributed by atoms with Crippen molar-refractivity contribution in [3.8, 4) is 0 Å². The summed E-state index contributed by atoms with van der Waals surface area (Å²) in [6.07, 6.45) is 0.693. The summed E-state index contributed by atoms with van der Waals surface area (Å²) in [7, 11) is 1.96. The molecule has 2 aromatic rings. The number of hydrogen-bond acceptors (Lipinski definition) is 5. The first kappa shape index (κ1) is 21.0. The van der Waals surface area contributed by atoms with Crippen LogP contribution in [0.1, 0.15) is 12.0 Å². The average Bonchev–Trinajstić information content (AvgIpc) is 2.96. The van der Waals surface area contributed by atoms with Crippen LogP contribution in [0.25, 0.3) is 0 Å². The number of nitrogens with one attached hydrogen (secondary N) is 1. The Morgan fingerprint density at radius 3 is 2.17 bits per heavy atom. The highest BCUT2D eigenvalue weighted by atomic mass is 16.2. The third-order valence-corrected chi connectivity index (χ3v) is 4.81. The SMILES string of the molecule is CN(CCCNC(=O)CN1C(=O)C(=O)N(Cc2ccccc2)C1=O)c1ccccc1. The van der Waals surface area contributed by atoms with Gasteiger partial charge in [-0.15, -0.1) is 0 Å². The number of anilines is 1. The molecular weight excluding hydrogens is 384 g/mol. The van der Waals surface area contributed by atoms with Crippen LogP contribution in [0.3, 0.4) is 0 Å². The molecule has 0 spiro atoms. The van der Waals surface area contributed by atoms with Crippen LogP contribution in [0, 0.1) is 0 Å². The molecule has 1 saturated heterocycles. The minimum atomic E-state index is -0.977. The lowest BCUT2D eigenvalue weighted by atomic mass is 10.2. The molecule has 0 aliphatic carbocycles. The van der Waals surface area contributed by atoms with E-state index in [4.69, 9.17) is 0 Å². The molecule has 0 aromatic heterocycles. The highest BCUT2D eigenvalue weighted by Crippen LogP contribution is 2.15. The number of para-hydroxylation sites is 1. The minimum Gasteiger partial charge on any atom is -0.375 e. The van der Waals surface area contributed by atoms with Crippen LogP contribution in [0.5, 0.6) is 0 Å². The van der Waals surface area contributed by atoms with Crippen LogP contribution in [0.4, 0.5) is 10.5 Å². The smallest absolute Gasteiger partial charge is 0.335 e. The molecule has 156 valence electrons. The Labute approximate surface area is 175 Å². The van der Waals surface area contributed by atoms with E-state index in [1.807, 2.05) is 43.4 Å². The first-order valence-corrected chi connectivity index (χ1v) is 9.71. The molecule has 3 rings (SSSR count). The molecule has 1 fully saturated rings. The van der Waals surface area contributed by atoms with Gasteiger partial charge in [-0.05, 0) is 24.1 Å². The molecule has 5 amide bonds. The van der Waals surface area contributed by atoms with Crippen molar-refractivity contribution < 1.29 is 19.2 Å². The van der Waals surface area contributed by atoms with Gasteiger partial charge in [0.2, 0.25) is 5.91 Å². The van der Waals surface area contributed by atoms with E-state index >= 15 is 0 Å². The number of hydrogen-bond donors (Lipinski definition) is 1. The molecule has 0 unspecified atom stereocenters. The Hall–Kier alpha value is -3.68. The van der Waals surface area contributed by atoms with Crippen molar-refractivity contribution in [2.75, 3.05) is 31.6 Å². The normalized spacial score (nSPS) is 13.7. The molecule has 1 heterocycles. The summed E-state index contributed by atoms with van der Waals surface area (Å²) in [6, 6.07) is 18.0. The number of nitrogens with zero attached hydrogens (tertiary/aromatic N) is 3. The van der Waals surface area contributed by atoms with Gasteiger partial charge in [-0.2, -0.15) is 0 Å². The van der Waals surface area contributed by atoms with E-state index in [1.54, 1.807) is 24.3 Å². The second-order valence-corrected chi connectivity index (χ2v) is 7.01. The van der Waals surface area contributed by atoms with Gasteiger partial charge in [-0.1, -0.05) is 48.5 Å². The van der Waals surface area contributed by atoms with E-state index < -0.39 is 30.3 Å². The molecular formula is C22H24N4O4. The van der Waals surface area contributed by atoms with Crippen LogP contribution in [0.15, 0.2) is 60.7 Å². The van der Waals surface area contributed by atoms with Gasteiger partial charge < -0.3 is 10.2 Å². The number of amides is 5. The highest BCUT2D eigenvalue weighted by Gasteiger charge is 2.45. The zero-order valence-corrected chi connectivity index (χ0v) is 16.8. The molecule has 0 atom stereocenters. The van der Waals surface area contributed by atoms with Gasteiger partial charge in [0, 0.05) is 25.8 Å². The van der Waals surface area contributed by atoms with Gasteiger partial charge in [0.1, 0.15) is 6.54 Å². The van der Waals surface area contributed by atoms with Crippen molar-refractivity contribution >= 4 is 29.4 Å². The van der Waals surface area contributed by atoms with Crippen molar-refractivity contribution in [1.29, 1.82) is 0 Å². The summed E-state index contributed by atoms with van der Waals surface area (Å²) in [5.74, 6) is -2.37. The maximum atomic E-state index is 12.5. The van der Waals surface area contributed by atoms with Crippen LogP contribution >= 0.6 is 0 Å². The molecule has 0 radical (unpaired) electrons. The Bertz CT molecular complexity index is 917. The summed E-state index contributed by atoms with van der Waals surface area (Å²) in [6.45, 7) is 0.653. The monoisotopic (exact) mass is 408 g/mol. The maximum absolute atomic E-state index is 12.5. The summed E-state index contributed by atoms with van der Waals surface area (Å²) < 4.78 is 0. The summed E-state index contributed by atoms with van der Waals surface area (Å²) in [5, 5.41) is 2.70. The Morgan fingerprint density at radius 2 is 1.50 bits per heavy atom. The molecule has 1 aliphatic heterocycles. The van der Waals surface area contributed by atoms with Crippen LogP contribution < -0.4 is 10.2 Å². The quantitative estimate of drug-likeness (QED) is 0.387. The number of rotatable bonds is 9. The average molecular weight is 408 g/mol. The van der Waals surface area contributed by atoms with Gasteiger partial charge in [-0.25, -0.2) is 9.69 Å². The van der Waals surface area contributed by atoms with E-state index in [1.165, 1.54) is 0 Å². The van der Waals surface area contributed by atoms with Gasteiger partial charge in [0.15, 0.2) is 0 Å². The second-order valence-electron chi connectivity index (χ2n) is 7.01. The molecule has 8 nitrogen and oxygen atoms in total. The minimum absolute atomic E-state index is 0.00577. The lowest BCUT2D eigenvalue weighted by Crippen LogP contribution is -2.42. The fourth-order valence-corrected chi connectivity index (χ4v) is 3.15. The van der Waals surface area contributed by atoms with Crippen molar-refractivity contribution in [2.24, 2.45) is 0 Å². The largest absolute Gasteiger partial charge is 0.375 e. The van der Waals surface area contributed by atoms with E-state index in [-0.39, 0.29) is 6.54 Å². The van der Waals surface area contributed by atoms with E-state index in [9.17, 15) is 19.2 Å². The number of imide groups is 2. The van der Waals surface area contributed by atoms with Crippen molar-refractivity contribution in [1.82, 2.24) is 15.1 Å². The maximum Gasteiger partial charge on any atom is 0.335 e. The van der Waals surface area contributed by atoms with E-state index in [0.717, 1.165) is 22.7 Å². The highest BCUT2D eigenvalue weighted by molar-refractivity contribution is 6.44. The standard InChI is InChI=1S/C22H24N4O4/c1-24(18-11-6-3-7-12-18)14-8-13-23-19(27)16-26-21(29)20(28)25(22(26)30)15-17-9-4-2-5-10-17/h2-7,9-12H,8,13-16H2,1H3,(H,23,27). The van der Waals surface area contributed by atoms with Crippen molar-refractivity contribution in [3.05, 3.63) is 66.2 Å². The molecule has 1 aliphatic rings. The molecule has 30 heavy (non-hydrogen) atoms. The second kappa shape index (κ2) is 9.69. The van der Waals surface area contributed by atoms with Crippen molar-refractivity contribution in [3.63, 3.8) is 0 Å². The van der Waals surface area contributed by atoms with E-state index in [2.05, 4.69) is 10.2 Å². The number of urea groups is 1.